The first-order valence-electron chi connectivity index (χ1n) is 4.21. The summed E-state index contributed by atoms with van der Waals surface area (Å²) in [7, 11) is 0. The van der Waals surface area contributed by atoms with Crippen molar-refractivity contribution in [3.63, 3.8) is 0 Å². The molecule has 0 saturated heterocycles. The van der Waals surface area contributed by atoms with E-state index in [1.165, 1.54) is 12.3 Å². The molecule has 0 aromatic carbocycles. The van der Waals surface area contributed by atoms with Gasteiger partial charge in [-0.1, -0.05) is 0 Å². The van der Waals surface area contributed by atoms with E-state index in [2.05, 4.69) is 0 Å². The molecule has 1 unspecified atom stereocenters. The Morgan fingerprint density at radius 1 is 1.50 bits per heavy atom. The van der Waals surface area contributed by atoms with Crippen LogP contribution in [-0.2, 0) is 9.53 Å². The molecule has 0 aliphatic carbocycles. The van der Waals surface area contributed by atoms with Crippen molar-refractivity contribution in [3.05, 3.63) is 36.3 Å². The average Bonchev–Trinajstić information content (AvgIpc) is 2.75. The normalized spacial score (nSPS) is 19.7. The van der Waals surface area contributed by atoms with Gasteiger partial charge in [0.2, 0.25) is 5.78 Å². The zero-order chi connectivity index (χ0) is 9.97. The molecule has 0 saturated carbocycles. The topological polar surface area (TPSA) is 56.5 Å². The molecule has 1 aliphatic heterocycles. The number of ether oxygens (including phenoxy) is 1. The second-order valence-corrected chi connectivity index (χ2v) is 2.94. The number of furan rings is 1. The van der Waals surface area contributed by atoms with E-state index in [0.717, 1.165) is 0 Å². The van der Waals surface area contributed by atoms with Crippen LogP contribution in [0.1, 0.15) is 17.0 Å². The Labute approximate surface area is 80.2 Å². The molecule has 2 rings (SSSR count). The number of carbonyl (C=O) groups is 2. The van der Waals surface area contributed by atoms with Gasteiger partial charge in [0, 0.05) is 6.08 Å². The Balaban J connectivity index is 1.96. The Bertz CT molecular complexity index is 375. The van der Waals surface area contributed by atoms with Gasteiger partial charge in [0.25, 0.3) is 0 Å². The fourth-order valence-electron chi connectivity index (χ4n) is 1.24. The van der Waals surface area contributed by atoms with E-state index in [9.17, 15) is 9.59 Å². The minimum atomic E-state index is -0.444. The maximum Gasteiger partial charge on any atom is 0.331 e. The van der Waals surface area contributed by atoms with Gasteiger partial charge < -0.3 is 9.15 Å². The maximum absolute atomic E-state index is 11.4. The van der Waals surface area contributed by atoms with Crippen LogP contribution in [0.4, 0.5) is 0 Å². The third kappa shape index (κ3) is 1.74. The van der Waals surface area contributed by atoms with Crippen molar-refractivity contribution < 1.29 is 18.7 Å². The highest BCUT2D eigenvalue weighted by Gasteiger charge is 2.21. The van der Waals surface area contributed by atoms with E-state index in [1.807, 2.05) is 0 Å². The second-order valence-electron chi connectivity index (χ2n) is 2.94. The predicted octanol–water partition coefficient (Wildman–Crippen LogP) is 1.33. The van der Waals surface area contributed by atoms with E-state index in [-0.39, 0.29) is 12.2 Å². The van der Waals surface area contributed by atoms with Gasteiger partial charge in [-0.25, -0.2) is 4.79 Å². The summed E-state index contributed by atoms with van der Waals surface area (Å²) >= 11 is 0. The van der Waals surface area contributed by atoms with Crippen LogP contribution >= 0.6 is 0 Å². The Kier molecular flexibility index (Phi) is 2.18. The van der Waals surface area contributed by atoms with Crippen LogP contribution in [0.25, 0.3) is 0 Å². The number of rotatable bonds is 3. The smallest absolute Gasteiger partial charge is 0.331 e. The first-order chi connectivity index (χ1) is 6.75. The lowest BCUT2D eigenvalue weighted by molar-refractivity contribution is -0.138. The monoisotopic (exact) mass is 192 g/mol. The van der Waals surface area contributed by atoms with Crippen LogP contribution in [0.2, 0.25) is 0 Å². The number of carbonyl (C=O) groups excluding carboxylic acids is 2. The van der Waals surface area contributed by atoms with Gasteiger partial charge in [-0.2, -0.15) is 0 Å². The maximum atomic E-state index is 11.4. The average molecular weight is 192 g/mol. The van der Waals surface area contributed by atoms with Crippen molar-refractivity contribution in [3.8, 4) is 0 Å². The molecule has 0 amide bonds. The standard InChI is InChI=1S/C10H8O4/c11-8(9-2-1-5-13-9)6-7-3-4-10(12)14-7/h1-5,7H,6H2. The Morgan fingerprint density at radius 3 is 2.93 bits per heavy atom. The van der Waals surface area contributed by atoms with Crippen LogP contribution in [0.15, 0.2) is 35.0 Å². The zero-order valence-electron chi connectivity index (χ0n) is 7.30. The summed E-state index contributed by atoms with van der Waals surface area (Å²) in [6, 6.07) is 3.23. The molecule has 1 aromatic heterocycles. The minimum absolute atomic E-state index is 0.135. The van der Waals surface area contributed by atoms with Gasteiger partial charge in [0.15, 0.2) is 5.76 Å². The molecule has 0 N–H and O–H groups in total. The van der Waals surface area contributed by atoms with Gasteiger partial charge in [-0.05, 0) is 18.2 Å². The number of ketones is 1. The molecule has 14 heavy (non-hydrogen) atoms. The van der Waals surface area contributed by atoms with Crippen molar-refractivity contribution >= 4 is 11.8 Å². The summed E-state index contributed by atoms with van der Waals surface area (Å²) in [4.78, 5) is 22.1. The molecule has 0 fully saturated rings. The van der Waals surface area contributed by atoms with Gasteiger partial charge in [0.1, 0.15) is 6.10 Å². The highest BCUT2D eigenvalue weighted by atomic mass is 16.5. The number of esters is 1. The Morgan fingerprint density at radius 2 is 2.36 bits per heavy atom. The molecule has 0 spiro atoms. The summed E-state index contributed by atoms with van der Waals surface area (Å²) in [5.41, 5.74) is 0. The molecular weight excluding hydrogens is 184 g/mol. The fraction of sp³-hybridized carbons (Fsp3) is 0.200. The molecule has 1 aromatic rings. The highest BCUT2D eigenvalue weighted by molar-refractivity contribution is 5.94. The highest BCUT2D eigenvalue weighted by Crippen LogP contribution is 2.13. The third-order valence-corrected chi connectivity index (χ3v) is 1.90. The minimum Gasteiger partial charge on any atom is -0.461 e. The Hall–Kier alpha value is -1.84. The second kappa shape index (κ2) is 3.49. The largest absolute Gasteiger partial charge is 0.461 e. The van der Waals surface area contributed by atoms with Crippen molar-refractivity contribution in [2.45, 2.75) is 12.5 Å². The quantitative estimate of drug-likeness (QED) is 0.535. The predicted molar refractivity (Wildman–Crippen MR) is 46.7 cm³/mol. The molecular formula is C10H8O4. The number of Topliss-reactive ketones (excluding diaryl/α,β-unsaturated/α-hetero) is 1. The lowest BCUT2D eigenvalue weighted by Crippen LogP contribution is -2.13. The van der Waals surface area contributed by atoms with Crippen molar-refractivity contribution in [2.75, 3.05) is 0 Å². The van der Waals surface area contributed by atoms with Crippen LogP contribution in [0.3, 0.4) is 0 Å². The van der Waals surface area contributed by atoms with E-state index in [4.69, 9.17) is 9.15 Å². The van der Waals surface area contributed by atoms with Crippen molar-refractivity contribution in [2.24, 2.45) is 0 Å². The molecule has 72 valence electrons. The van der Waals surface area contributed by atoms with Gasteiger partial charge in [-0.3, -0.25) is 4.79 Å². The summed E-state index contributed by atoms with van der Waals surface area (Å²) in [5, 5.41) is 0. The van der Waals surface area contributed by atoms with Crippen LogP contribution in [-0.4, -0.2) is 17.9 Å². The van der Waals surface area contributed by atoms with Crippen LogP contribution in [0, 0.1) is 0 Å². The number of hydrogen-bond acceptors (Lipinski definition) is 4. The summed E-state index contributed by atoms with van der Waals surface area (Å²) < 4.78 is 9.74. The van der Waals surface area contributed by atoms with E-state index < -0.39 is 12.1 Å². The van der Waals surface area contributed by atoms with Crippen molar-refractivity contribution in [1.29, 1.82) is 0 Å². The van der Waals surface area contributed by atoms with Crippen LogP contribution in [0.5, 0.6) is 0 Å². The molecule has 0 radical (unpaired) electrons. The van der Waals surface area contributed by atoms with Gasteiger partial charge >= 0.3 is 5.97 Å². The lowest BCUT2D eigenvalue weighted by atomic mass is 10.1. The number of cyclic esters (lactones) is 1. The van der Waals surface area contributed by atoms with E-state index >= 15 is 0 Å². The SMILES string of the molecule is O=C1C=CC(CC(=O)c2ccco2)O1. The lowest BCUT2D eigenvalue weighted by Gasteiger charge is -2.05. The molecule has 2 heterocycles. The molecule has 1 atom stereocenters. The van der Waals surface area contributed by atoms with Gasteiger partial charge in [-0.15, -0.1) is 0 Å². The molecule has 0 bridgehead atoms. The van der Waals surface area contributed by atoms with Crippen molar-refractivity contribution in [1.82, 2.24) is 0 Å². The molecule has 1 aliphatic rings. The number of hydrogen-bond donors (Lipinski definition) is 0. The summed E-state index contributed by atoms with van der Waals surface area (Å²) in [6.07, 6.45) is 4.02. The summed E-state index contributed by atoms with van der Waals surface area (Å²) in [6.45, 7) is 0. The zero-order valence-corrected chi connectivity index (χ0v) is 7.30. The first-order valence-corrected chi connectivity index (χ1v) is 4.21. The van der Waals surface area contributed by atoms with Gasteiger partial charge in [0.05, 0.1) is 12.7 Å². The van der Waals surface area contributed by atoms with Crippen LogP contribution < -0.4 is 0 Å². The third-order valence-electron chi connectivity index (χ3n) is 1.90. The molecule has 4 nitrogen and oxygen atoms in total. The fourth-order valence-corrected chi connectivity index (χ4v) is 1.24. The molecule has 4 heteroatoms. The van der Waals surface area contributed by atoms with E-state index in [0.29, 0.717) is 5.76 Å². The first kappa shape index (κ1) is 8.74. The summed E-state index contributed by atoms with van der Waals surface area (Å²) in [5.74, 6) is -0.275. The van der Waals surface area contributed by atoms with E-state index in [1.54, 1.807) is 18.2 Å².